The van der Waals surface area contributed by atoms with Gasteiger partial charge in [-0.05, 0) is 60.8 Å². The molecule has 1 unspecified atom stereocenters. The molecule has 0 bridgehead atoms. The first-order valence-corrected chi connectivity index (χ1v) is 8.63. The Labute approximate surface area is 144 Å². The van der Waals surface area contributed by atoms with E-state index in [1.165, 1.54) is 24.8 Å². The molecular weight excluding hydrogens is 298 g/mol. The van der Waals surface area contributed by atoms with E-state index in [1.807, 2.05) is 0 Å². The highest BCUT2D eigenvalue weighted by molar-refractivity contribution is 5.62. The number of rotatable bonds is 5. The van der Waals surface area contributed by atoms with Crippen molar-refractivity contribution in [3.8, 4) is 0 Å². The molecule has 2 aromatic carbocycles. The van der Waals surface area contributed by atoms with Crippen molar-refractivity contribution in [1.82, 2.24) is 0 Å². The normalized spacial score (nSPS) is 14.4. The first-order valence-electron chi connectivity index (χ1n) is 8.63. The molecule has 0 radical (unpaired) electrons. The highest BCUT2D eigenvalue weighted by Gasteiger charge is 2.28. The van der Waals surface area contributed by atoms with Gasteiger partial charge in [-0.2, -0.15) is 0 Å². The van der Waals surface area contributed by atoms with E-state index in [2.05, 4.69) is 54.6 Å². The summed E-state index contributed by atoms with van der Waals surface area (Å²) in [6, 6.07) is 19.9. The molecule has 3 N–H and O–H groups in total. The lowest BCUT2D eigenvalue weighted by Gasteiger charge is -2.24. The predicted molar refractivity (Wildman–Crippen MR) is 98.1 cm³/mol. The maximum absolute atomic E-state index is 9.00. The second-order valence-electron chi connectivity index (χ2n) is 6.40. The molecule has 1 aliphatic rings. The van der Waals surface area contributed by atoms with Crippen LogP contribution in [0, 0.1) is 5.92 Å². The van der Waals surface area contributed by atoms with Crippen LogP contribution < -0.4 is 5.73 Å². The fourth-order valence-corrected chi connectivity index (χ4v) is 3.59. The Bertz CT molecular complexity index is 610. The van der Waals surface area contributed by atoms with Gasteiger partial charge in [-0.25, -0.2) is 0 Å². The van der Waals surface area contributed by atoms with E-state index in [0.29, 0.717) is 5.92 Å². The third-order valence-corrected chi connectivity index (χ3v) is 4.60. The second kappa shape index (κ2) is 9.24. The predicted octanol–water partition coefficient (Wildman–Crippen LogP) is 4.02. The molecule has 0 saturated carbocycles. The largest absolute Gasteiger partial charge is 0.481 e. The Morgan fingerprint density at radius 2 is 1.58 bits per heavy atom. The Hall–Kier alpha value is -2.13. The van der Waals surface area contributed by atoms with E-state index in [9.17, 15) is 0 Å². The van der Waals surface area contributed by atoms with E-state index in [1.54, 1.807) is 11.1 Å². The van der Waals surface area contributed by atoms with E-state index >= 15 is 0 Å². The summed E-state index contributed by atoms with van der Waals surface area (Å²) in [7, 11) is 0. The van der Waals surface area contributed by atoms with Crippen LogP contribution in [0.1, 0.15) is 42.4 Å². The molecule has 0 amide bonds. The smallest absolute Gasteiger partial charge is 0.300 e. The van der Waals surface area contributed by atoms with Gasteiger partial charge in [-0.15, -0.1) is 0 Å². The number of benzene rings is 2. The first-order chi connectivity index (χ1) is 11.6. The zero-order valence-electron chi connectivity index (χ0n) is 14.3. The summed E-state index contributed by atoms with van der Waals surface area (Å²) in [4.78, 5) is 9.00. The van der Waals surface area contributed by atoms with Gasteiger partial charge in [0.15, 0.2) is 0 Å². The van der Waals surface area contributed by atoms with Crippen molar-refractivity contribution < 1.29 is 9.90 Å². The van der Waals surface area contributed by atoms with Crippen molar-refractivity contribution in [2.24, 2.45) is 11.7 Å². The number of fused-ring (bicyclic) bond motifs is 1. The minimum Gasteiger partial charge on any atom is -0.481 e. The van der Waals surface area contributed by atoms with Crippen LogP contribution in [-0.2, 0) is 17.6 Å². The molecule has 3 nitrogen and oxygen atoms in total. The highest BCUT2D eigenvalue weighted by atomic mass is 16.4. The van der Waals surface area contributed by atoms with Crippen molar-refractivity contribution in [1.29, 1.82) is 0 Å². The van der Waals surface area contributed by atoms with Crippen LogP contribution in [0.5, 0.6) is 0 Å². The average molecular weight is 325 g/mol. The van der Waals surface area contributed by atoms with Crippen molar-refractivity contribution in [2.75, 3.05) is 6.54 Å². The molecule has 0 fully saturated rings. The van der Waals surface area contributed by atoms with Gasteiger partial charge in [-0.1, -0.05) is 54.6 Å². The Morgan fingerprint density at radius 3 is 2.08 bits per heavy atom. The second-order valence-corrected chi connectivity index (χ2v) is 6.40. The molecule has 0 aliphatic heterocycles. The maximum atomic E-state index is 9.00. The minimum atomic E-state index is -0.833. The molecule has 3 rings (SSSR count). The van der Waals surface area contributed by atoms with Crippen LogP contribution in [0.4, 0.5) is 0 Å². The van der Waals surface area contributed by atoms with Gasteiger partial charge in [0.1, 0.15) is 0 Å². The summed E-state index contributed by atoms with van der Waals surface area (Å²) in [5, 5.41) is 7.42. The van der Waals surface area contributed by atoms with E-state index in [0.717, 1.165) is 25.8 Å². The number of carboxylic acids is 1. The van der Waals surface area contributed by atoms with Crippen LogP contribution in [0.15, 0.2) is 54.6 Å². The van der Waals surface area contributed by atoms with Gasteiger partial charge in [0.05, 0.1) is 0 Å². The summed E-state index contributed by atoms with van der Waals surface area (Å²) in [5.74, 6) is 0.550. The molecule has 0 heterocycles. The summed E-state index contributed by atoms with van der Waals surface area (Å²) in [6.07, 6.45) is 4.77. The Morgan fingerprint density at radius 1 is 1.08 bits per heavy atom. The van der Waals surface area contributed by atoms with Gasteiger partial charge in [0.25, 0.3) is 5.97 Å². The lowest BCUT2D eigenvalue weighted by molar-refractivity contribution is -0.134. The first kappa shape index (κ1) is 18.2. The summed E-state index contributed by atoms with van der Waals surface area (Å²) < 4.78 is 0. The maximum Gasteiger partial charge on any atom is 0.300 e. The molecule has 128 valence electrons. The molecular formula is C21H27NO2. The van der Waals surface area contributed by atoms with Crippen LogP contribution in [0.3, 0.4) is 0 Å². The topological polar surface area (TPSA) is 63.3 Å². The lowest BCUT2D eigenvalue weighted by atomic mass is 9.81. The number of hydrogen-bond donors (Lipinski definition) is 2. The van der Waals surface area contributed by atoms with Crippen LogP contribution >= 0.6 is 0 Å². The molecule has 0 aromatic heterocycles. The van der Waals surface area contributed by atoms with Gasteiger partial charge in [0, 0.05) is 6.92 Å². The third-order valence-electron chi connectivity index (χ3n) is 4.60. The fraction of sp³-hybridized carbons (Fsp3) is 0.381. The molecule has 0 saturated heterocycles. The summed E-state index contributed by atoms with van der Waals surface area (Å²) in [5.41, 5.74) is 10.3. The van der Waals surface area contributed by atoms with Gasteiger partial charge >= 0.3 is 0 Å². The van der Waals surface area contributed by atoms with Crippen LogP contribution in [-0.4, -0.2) is 17.6 Å². The van der Waals surface area contributed by atoms with Crippen molar-refractivity contribution in [3.05, 3.63) is 71.3 Å². The average Bonchev–Trinajstić information content (AvgIpc) is 2.99. The van der Waals surface area contributed by atoms with E-state index in [4.69, 9.17) is 15.6 Å². The number of aliphatic carboxylic acids is 1. The van der Waals surface area contributed by atoms with E-state index < -0.39 is 5.97 Å². The Balaban J connectivity index is 0.000000471. The van der Waals surface area contributed by atoms with Crippen molar-refractivity contribution >= 4 is 5.97 Å². The molecule has 2 aromatic rings. The molecule has 1 aliphatic carbocycles. The summed E-state index contributed by atoms with van der Waals surface area (Å²) in [6.45, 7) is 1.88. The minimum absolute atomic E-state index is 0.646. The monoisotopic (exact) mass is 325 g/mol. The van der Waals surface area contributed by atoms with Crippen molar-refractivity contribution in [3.63, 3.8) is 0 Å². The molecule has 3 heteroatoms. The van der Waals surface area contributed by atoms with E-state index in [-0.39, 0.29) is 0 Å². The lowest BCUT2D eigenvalue weighted by Crippen LogP contribution is -2.15. The number of hydrogen-bond acceptors (Lipinski definition) is 2. The zero-order chi connectivity index (χ0) is 17.4. The Kier molecular flexibility index (Phi) is 7.01. The van der Waals surface area contributed by atoms with Gasteiger partial charge in [-0.3, -0.25) is 4.79 Å². The number of carboxylic acid groups (broad SMARTS) is 1. The number of carbonyl (C=O) groups is 1. The standard InChI is InChI=1S/C19H23N.C2H4O2/c20-12-6-11-19(15-7-2-1-3-8-15)18-13-16-9-4-5-10-17(16)14-18;1-2(3)4/h1-5,7-10,18-19H,6,11-14,20H2;1H3,(H,3,4). The quantitative estimate of drug-likeness (QED) is 0.873. The van der Waals surface area contributed by atoms with Gasteiger partial charge < -0.3 is 10.8 Å². The molecule has 0 spiro atoms. The molecule has 24 heavy (non-hydrogen) atoms. The van der Waals surface area contributed by atoms with Gasteiger partial charge in [0.2, 0.25) is 0 Å². The third kappa shape index (κ3) is 5.20. The number of nitrogens with two attached hydrogens (primary N) is 1. The molecule has 1 atom stereocenters. The van der Waals surface area contributed by atoms with Crippen molar-refractivity contribution in [2.45, 2.75) is 38.5 Å². The van der Waals surface area contributed by atoms with Crippen LogP contribution in [0.2, 0.25) is 0 Å². The van der Waals surface area contributed by atoms with Crippen LogP contribution in [0.25, 0.3) is 0 Å². The SMILES string of the molecule is CC(=O)O.NCCCC(c1ccccc1)C1Cc2ccccc2C1. The highest BCUT2D eigenvalue weighted by Crippen LogP contribution is 2.39. The zero-order valence-corrected chi connectivity index (χ0v) is 14.3. The fourth-order valence-electron chi connectivity index (χ4n) is 3.59. The summed E-state index contributed by atoms with van der Waals surface area (Å²) >= 11 is 0.